The maximum absolute atomic E-state index is 12.4. The number of rotatable bonds is 8. The number of piperazine rings is 1. The average molecular weight is 385 g/mol. The molecule has 2 rings (SSSR count). The van der Waals surface area contributed by atoms with Gasteiger partial charge in [0, 0.05) is 50.9 Å². The molecule has 0 saturated carbocycles. The average Bonchev–Trinajstić information content (AvgIpc) is 2.56. The smallest absolute Gasteiger partial charge is 0.269 e. The third kappa shape index (κ3) is 6.01. The van der Waals surface area contributed by atoms with Crippen molar-refractivity contribution in [1.29, 1.82) is 0 Å². The zero-order chi connectivity index (χ0) is 19.3. The fraction of sp³-hybridized carbons (Fsp3) is 0.647. The number of nitrogens with one attached hydrogen (secondary N) is 1. The zero-order valence-electron chi connectivity index (χ0n) is 15.6. The van der Waals surface area contributed by atoms with Crippen LogP contribution in [0, 0.1) is 16.0 Å². The van der Waals surface area contributed by atoms with Crippen molar-refractivity contribution in [3.05, 3.63) is 39.9 Å². The number of nitrogens with zero attached hydrogens (tertiary/aromatic N) is 3. The molecule has 0 aliphatic carbocycles. The maximum Gasteiger partial charge on any atom is 0.269 e. The Labute approximate surface area is 155 Å². The van der Waals surface area contributed by atoms with Crippen molar-refractivity contribution in [2.24, 2.45) is 5.92 Å². The van der Waals surface area contributed by atoms with Crippen LogP contribution < -0.4 is 4.72 Å². The third-order valence-electron chi connectivity index (χ3n) is 4.79. The summed E-state index contributed by atoms with van der Waals surface area (Å²) in [7, 11) is -1.41. The Kier molecular flexibility index (Phi) is 7.10. The summed E-state index contributed by atoms with van der Waals surface area (Å²) < 4.78 is 27.5. The van der Waals surface area contributed by atoms with E-state index in [2.05, 4.69) is 35.4 Å². The second kappa shape index (κ2) is 8.90. The van der Waals surface area contributed by atoms with E-state index in [1.54, 1.807) is 0 Å². The van der Waals surface area contributed by atoms with Gasteiger partial charge in [-0.15, -0.1) is 0 Å². The summed E-state index contributed by atoms with van der Waals surface area (Å²) in [5.74, 6) is 0.152. The lowest BCUT2D eigenvalue weighted by Crippen LogP contribution is -2.54. The van der Waals surface area contributed by atoms with E-state index in [1.807, 2.05) is 0 Å². The van der Waals surface area contributed by atoms with E-state index in [-0.39, 0.29) is 17.5 Å². The van der Waals surface area contributed by atoms with Gasteiger partial charge in [-0.3, -0.25) is 15.0 Å². The fourth-order valence-corrected chi connectivity index (χ4v) is 4.29. The van der Waals surface area contributed by atoms with Gasteiger partial charge in [-0.1, -0.05) is 26.0 Å². The first-order valence-electron chi connectivity index (χ1n) is 8.81. The van der Waals surface area contributed by atoms with Crippen molar-refractivity contribution in [2.75, 3.05) is 39.8 Å². The number of benzene rings is 1. The molecule has 9 heteroatoms. The van der Waals surface area contributed by atoms with Crippen molar-refractivity contribution in [2.45, 2.75) is 25.6 Å². The SMILES string of the molecule is CC(C)C(CNS(=O)(=O)Cc1ccc([N+](=O)[O-])cc1)N1CCN(C)CC1. The maximum atomic E-state index is 12.4. The van der Waals surface area contributed by atoms with Gasteiger partial charge in [-0.25, -0.2) is 13.1 Å². The lowest BCUT2D eigenvalue weighted by molar-refractivity contribution is -0.384. The van der Waals surface area contributed by atoms with Crippen LogP contribution in [0.5, 0.6) is 0 Å². The van der Waals surface area contributed by atoms with Gasteiger partial charge in [0.25, 0.3) is 5.69 Å². The number of non-ortho nitro benzene ring substituents is 1. The summed E-state index contributed by atoms with van der Waals surface area (Å²) in [5, 5.41) is 10.7. The number of likely N-dealkylation sites (N-methyl/N-ethyl adjacent to an activating group) is 1. The van der Waals surface area contributed by atoms with Crippen LogP contribution in [0.3, 0.4) is 0 Å². The lowest BCUT2D eigenvalue weighted by atomic mass is 10.0. The molecule has 1 N–H and O–H groups in total. The van der Waals surface area contributed by atoms with Gasteiger partial charge in [0.05, 0.1) is 10.7 Å². The van der Waals surface area contributed by atoms with Crippen LogP contribution in [-0.4, -0.2) is 69.0 Å². The Morgan fingerprint density at radius 3 is 2.23 bits per heavy atom. The van der Waals surface area contributed by atoms with E-state index in [4.69, 9.17) is 0 Å². The Morgan fingerprint density at radius 2 is 1.73 bits per heavy atom. The van der Waals surface area contributed by atoms with Gasteiger partial charge in [-0.05, 0) is 18.5 Å². The summed E-state index contributed by atoms with van der Waals surface area (Å²) in [6.45, 7) is 8.42. The molecule has 1 aromatic rings. The zero-order valence-corrected chi connectivity index (χ0v) is 16.4. The van der Waals surface area contributed by atoms with Crippen molar-refractivity contribution in [3.63, 3.8) is 0 Å². The summed E-state index contributed by atoms with van der Waals surface area (Å²) in [4.78, 5) is 14.8. The number of nitro benzene ring substituents is 1. The largest absolute Gasteiger partial charge is 0.304 e. The molecule has 26 heavy (non-hydrogen) atoms. The minimum absolute atomic E-state index is 0.0472. The van der Waals surface area contributed by atoms with E-state index in [0.29, 0.717) is 18.0 Å². The first-order valence-corrected chi connectivity index (χ1v) is 10.5. The van der Waals surface area contributed by atoms with Crippen molar-refractivity contribution in [1.82, 2.24) is 14.5 Å². The Balaban J connectivity index is 1.95. The van der Waals surface area contributed by atoms with Gasteiger partial charge in [-0.2, -0.15) is 0 Å². The van der Waals surface area contributed by atoms with Crippen LogP contribution in [0.4, 0.5) is 5.69 Å². The molecule has 1 fully saturated rings. The van der Waals surface area contributed by atoms with E-state index in [9.17, 15) is 18.5 Å². The molecule has 1 saturated heterocycles. The highest BCUT2D eigenvalue weighted by atomic mass is 32.2. The highest BCUT2D eigenvalue weighted by molar-refractivity contribution is 7.88. The molecule has 1 heterocycles. The van der Waals surface area contributed by atoms with Gasteiger partial charge >= 0.3 is 0 Å². The molecule has 1 unspecified atom stereocenters. The summed E-state index contributed by atoms with van der Waals surface area (Å²) in [5.41, 5.74) is 0.484. The molecular weight excluding hydrogens is 356 g/mol. The van der Waals surface area contributed by atoms with Crippen LogP contribution in [0.25, 0.3) is 0 Å². The molecule has 1 aliphatic heterocycles. The molecule has 0 aromatic heterocycles. The van der Waals surface area contributed by atoms with E-state index < -0.39 is 14.9 Å². The second-order valence-corrected chi connectivity index (χ2v) is 8.99. The van der Waals surface area contributed by atoms with Crippen LogP contribution in [-0.2, 0) is 15.8 Å². The monoisotopic (exact) mass is 384 g/mol. The molecule has 8 nitrogen and oxygen atoms in total. The summed E-state index contributed by atoms with van der Waals surface area (Å²) in [6, 6.07) is 5.77. The normalized spacial score (nSPS) is 18.2. The predicted molar refractivity (Wildman–Crippen MR) is 101 cm³/mol. The standard InChI is InChI=1S/C17H28N4O4S/c1-14(2)17(20-10-8-19(3)9-11-20)12-18-26(24,25)13-15-4-6-16(7-5-15)21(22)23/h4-7,14,17-18H,8-13H2,1-3H3. The molecule has 0 bridgehead atoms. The highest BCUT2D eigenvalue weighted by Crippen LogP contribution is 2.15. The van der Waals surface area contributed by atoms with Crippen molar-refractivity contribution < 1.29 is 13.3 Å². The van der Waals surface area contributed by atoms with Crippen molar-refractivity contribution in [3.8, 4) is 0 Å². The number of hydrogen-bond acceptors (Lipinski definition) is 6. The van der Waals surface area contributed by atoms with Gasteiger partial charge in [0.2, 0.25) is 10.0 Å². The molecular formula is C17H28N4O4S. The van der Waals surface area contributed by atoms with Crippen LogP contribution >= 0.6 is 0 Å². The van der Waals surface area contributed by atoms with E-state index in [0.717, 1.165) is 26.2 Å². The molecule has 1 aromatic carbocycles. The predicted octanol–water partition coefficient (Wildman–Crippen LogP) is 1.29. The van der Waals surface area contributed by atoms with Crippen LogP contribution in [0.15, 0.2) is 24.3 Å². The highest BCUT2D eigenvalue weighted by Gasteiger charge is 2.26. The lowest BCUT2D eigenvalue weighted by Gasteiger charge is -2.39. The minimum Gasteiger partial charge on any atom is -0.304 e. The Morgan fingerprint density at radius 1 is 1.15 bits per heavy atom. The van der Waals surface area contributed by atoms with E-state index in [1.165, 1.54) is 24.3 Å². The fourth-order valence-electron chi connectivity index (χ4n) is 3.14. The van der Waals surface area contributed by atoms with Gasteiger partial charge in [0.1, 0.15) is 0 Å². The first-order chi connectivity index (χ1) is 12.2. The summed E-state index contributed by atoms with van der Waals surface area (Å²) in [6.07, 6.45) is 0. The Bertz CT molecular complexity index is 698. The molecule has 1 aliphatic rings. The number of nitro groups is 1. The molecule has 1 atom stereocenters. The molecule has 146 valence electrons. The first kappa shape index (κ1) is 20.8. The Hall–Kier alpha value is -1.55. The van der Waals surface area contributed by atoms with Crippen LogP contribution in [0.1, 0.15) is 19.4 Å². The van der Waals surface area contributed by atoms with Crippen molar-refractivity contribution >= 4 is 15.7 Å². The van der Waals surface area contributed by atoms with E-state index >= 15 is 0 Å². The summed E-state index contributed by atoms with van der Waals surface area (Å²) >= 11 is 0. The molecule has 0 spiro atoms. The van der Waals surface area contributed by atoms with Crippen LogP contribution in [0.2, 0.25) is 0 Å². The molecule has 0 amide bonds. The minimum atomic E-state index is -3.50. The second-order valence-electron chi connectivity index (χ2n) is 7.18. The number of sulfonamides is 1. The quantitative estimate of drug-likeness (QED) is 0.536. The topological polar surface area (TPSA) is 95.8 Å². The van der Waals surface area contributed by atoms with Gasteiger partial charge in [0.15, 0.2) is 0 Å². The van der Waals surface area contributed by atoms with Gasteiger partial charge < -0.3 is 4.90 Å². The third-order valence-corrected chi connectivity index (χ3v) is 6.11. The number of hydrogen-bond donors (Lipinski definition) is 1. The molecule has 0 radical (unpaired) electrons.